The second-order valence-electron chi connectivity index (χ2n) is 9.06. The number of piperazine rings is 1. The smallest absolute Gasteiger partial charge is 0.409 e. The van der Waals surface area contributed by atoms with Crippen molar-refractivity contribution in [1.29, 1.82) is 0 Å². The number of ether oxygens (including phenoxy) is 1. The van der Waals surface area contributed by atoms with Gasteiger partial charge in [0.25, 0.3) is 5.91 Å². The number of fused-ring (bicyclic) bond motifs is 1. The van der Waals surface area contributed by atoms with Crippen LogP contribution in [0.3, 0.4) is 0 Å². The normalized spacial score (nSPS) is 14.6. The Morgan fingerprint density at radius 3 is 2.23 bits per heavy atom. The van der Waals surface area contributed by atoms with Crippen LogP contribution in [-0.2, 0) is 14.8 Å². The van der Waals surface area contributed by atoms with E-state index < -0.39 is 16.1 Å². The van der Waals surface area contributed by atoms with E-state index in [0.29, 0.717) is 23.8 Å². The lowest BCUT2D eigenvalue weighted by molar-refractivity contribution is 0.0933. The summed E-state index contributed by atoms with van der Waals surface area (Å²) in [4.78, 5) is 35.9. The van der Waals surface area contributed by atoms with Gasteiger partial charge in [0.15, 0.2) is 5.13 Å². The Labute approximate surface area is 233 Å². The van der Waals surface area contributed by atoms with Gasteiger partial charge in [0, 0.05) is 44.8 Å². The maximum absolute atomic E-state index is 13.7. The Balaban J connectivity index is 1.52. The monoisotopic (exact) mass is 573 g/mol. The molecule has 39 heavy (non-hydrogen) atoms. The van der Waals surface area contributed by atoms with Crippen molar-refractivity contribution in [2.45, 2.75) is 25.7 Å². The number of nitrogens with zero attached hydrogens (tertiary/aromatic N) is 5. The largest absolute Gasteiger partial charge is 0.450 e. The molecule has 10 nitrogen and oxygen atoms in total. The number of carbonyl (C=O) groups is 2. The van der Waals surface area contributed by atoms with E-state index in [1.165, 1.54) is 32.7 Å². The third-order valence-electron chi connectivity index (χ3n) is 6.80. The van der Waals surface area contributed by atoms with Crippen LogP contribution < -0.4 is 4.90 Å². The molecule has 1 fully saturated rings. The highest BCUT2D eigenvalue weighted by molar-refractivity contribution is 7.89. The van der Waals surface area contributed by atoms with E-state index in [4.69, 9.17) is 9.72 Å². The van der Waals surface area contributed by atoms with Gasteiger partial charge in [0.1, 0.15) is 0 Å². The van der Waals surface area contributed by atoms with Crippen molar-refractivity contribution >= 4 is 48.7 Å². The SMILES string of the molecule is CCOC(=O)N1CCN(S(=O)(=O)c2ccc(C(=O)N(CCN(CC)CC)c3nc4ccccc4s3)cc2)CC1. The van der Waals surface area contributed by atoms with Gasteiger partial charge < -0.3 is 14.5 Å². The van der Waals surface area contributed by atoms with Crippen LogP contribution in [0.5, 0.6) is 0 Å². The van der Waals surface area contributed by atoms with Crippen molar-refractivity contribution < 1.29 is 22.7 Å². The van der Waals surface area contributed by atoms with Crippen LogP contribution in [0.2, 0.25) is 0 Å². The molecule has 1 aliphatic rings. The number of hydrogen-bond acceptors (Lipinski definition) is 8. The van der Waals surface area contributed by atoms with Crippen LogP contribution in [0.15, 0.2) is 53.4 Å². The zero-order valence-electron chi connectivity index (χ0n) is 22.6. The predicted molar refractivity (Wildman–Crippen MR) is 153 cm³/mol. The molecule has 0 N–H and O–H groups in total. The molecular formula is C27H35N5O5S2. The maximum Gasteiger partial charge on any atom is 0.409 e. The van der Waals surface area contributed by atoms with Crippen LogP contribution >= 0.6 is 11.3 Å². The number of rotatable bonds is 10. The highest BCUT2D eigenvalue weighted by atomic mass is 32.2. The zero-order chi connectivity index (χ0) is 28.0. The van der Waals surface area contributed by atoms with E-state index in [1.54, 1.807) is 24.0 Å². The van der Waals surface area contributed by atoms with E-state index in [0.717, 1.165) is 23.3 Å². The lowest BCUT2D eigenvalue weighted by atomic mass is 10.2. The van der Waals surface area contributed by atoms with E-state index in [2.05, 4.69) is 18.7 Å². The Bertz CT molecular complexity index is 1350. The van der Waals surface area contributed by atoms with E-state index in [9.17, 15) is 18.0 Å². The molecule has 0 bridgehead atoms. The zero-order valence-corrected chi connectivity index (χ0v) is 24.2. The average Bonchev–Trinajstić information content (AvgIpc) is 3.39. The van der Waals surface area contributed by atoms with Crippen molar-refractivity contribution in [2.24, 2.45) is 0 Å². The molecule has 4 rings (SSSR count). The lowest BCUT2D eigenvalue weighted by Gasteiger charge is -2.33. The van der Waals surface area contributed by atoms with Crippen LogP contribution in [-0.4, -0.2) is 98.5 Å². The molecule has 2 aromatic carbocycles. The second-order valence-corrected chi connectivity index (χ2v) is 12.0. The minimum Gasteiger partial charge on any atom is -0.450 e. The number of hydrogen-bond donors (Lipinski definition) is 0. The molecule has 0 atom stereocenters. The Morgan fingerprint density at radius 1 is 0.949 bits per heavy atom. The fourth-order valence-corrected chi connectivity index (χ4v) is 6.85. The standard InChI is InChI=1S/C27H35N5O5S2/c1-4-29(5-2)15-20-32(26-28-23-9-7-8-10-24(23)38-26)25(33)21-11-13-22(14-12-21)39(35,36)31-18-16-30(17-19-31)27(34)37-6-3/h7-14H,4-6,15-20H2,1-3H3. The Morgan fingerprint density at radius 2 is 1.62 bits per heavy atom. The fourth-order valence-electron chi connectivity index (χ4n) is 4.44. The number of para-hydroxylation sites is 1. The molecule has 210 valence electrons. The summed E-state index contributed by atoms with van der Waals surface area (Å²) >= 11 is 1.46. The molecule has 0 unspecified atom stereocenters. The van der Waals surface area contributed by atoms with Gasteiger partial charge >= 0.3 is 6.09 Å². The summed E-state index contributed by atoms with van der Waals surface area (Å²) in [5.41, 5.74) is 1.22. The molecule has 2 amide bonds. The first-order chi connectivity index (χ1) is 18.8. The first-order valence-corrected chi connectivity index (χ1v) is 15.5. The Kier molecular flexibility index (Phi) is 9.54. The number of sulfonamides is 1. The molecule has 3 aromatic rings. The molecular weight excluding hydrogens is 538 g/mol. The molecule has 0 aliphatic carbocycles. The van der Waals surface area contributed by atoms with Gasteiger partial charge in [-0.3, -0.25) is 9.69 Å². The maximum atomic E-state index is 13.7. The molecule has 2 heterocycles. The summed E-state index contributed by atoms with van der Waals surface area (Å²) in [6, 6.07) is 13.8. The third kappa shape index (κ3) is 6.57. The fraction of sp³-hybridized carbons (Fsp3) is 0.444. The molecule has 12 heteroatoms. The van der Waals surface area contributed by atoms with Crippen molar-refractivity contribution in [2.75, 3.05) is 63.9 Å². The first kappa shape index (κ1) is 28.9. The predicted octanol–water partition coefficient (Wildman–Crippen LogP) is 3.75. The second kappa shape index (κ2) is 12.9. The summed E-state index contributed by atoms with van der Waals surface area (Å²) in [7, 11) is -3.77. The minimum absolute atomic E-state index is 0.110. The van der Waals surface area contributed by atoms with E-state index in [1.807, 2.05) is 24.3 Å². The van der Waals surface area contributed by atoms with Gasteiger partial charge in [-0.05, 0) is 56.4 Å². The van der Waals surface area contributed by atoms with Crippen LogP contribution in [0.25, 0.3) is 10.2 Å². The highest BCUT2D eigenvalue weighted by Gasteiger charge is 2.31. The number of anilines is 1. The van der Waals surface area contributed by atoms with Gasteiger partial charge in [-0.1, -0.05) is 37.3 Å². The number of benzene rings is 2. The van der Waals surface area contributed by atoms with Gasteiger partial charge in [-0.2, -0.15) is 4.31 Å². The molecule has 1 aliphatic heterocycles. The lowest BCUT2D eigenvalue weighted by Crippen LogP contribution is -2.50. The number of likely N-dealkylation sites (N-methyl/N-ethyl adjacent to an activating group) is 1. The summed E-state index contributed by atoms with van der Waals surface area (Å²) < 4.78 is 33.9. The number of thiazole rings is 1. The molecule has 1 aromatic heterocycles. The molecule has 0 spiro atoms. The highest BCUT2D eigenvalue weighted by Crippen LogP contribution is 2.30. The summed E-state index contributed by atoms with van der Waals surface area (Å²) in [6.07, 6.45) is -0.434. The van der Waals surface area contributed by atoms with Crippen molar-refractivity contribution in [3.63, 3.8) is 0 Å². The minimum atomic E-state index is -3.77. The first-order valence-electron chi connectivity index (χ1n) is 13.2. The van der Waals surface area contributed by atoms with Crippen molar-refractivity contribution in [3.05, 3.63) is 54.1 Å². The molecule has 0 saturated carbocycles. The topological polar surface area (TPSA) is 103 Å². The van der Waals surface area contributed by atoms with Crippen LogP contribution in [0.1, 0.15) is 31.1 Å². The molecule has 1 saturated heterocycles. The summed E-state index contributed by atoms with van der Waals surface area (Å²) in [5.74, 6) is -0.229. The van der Waals surface area contributed by atoms with Gasteiger partial charge in [0.2, 0.25) is 10.0 Å². The van der Waals surface area contributed by atoms with Crippen LogP contribution in [0, 0.1) is 0 Å². The van der Waals surface area contributed by atoms with Crippen molar-refractivity contribution in [1.82, 2.24) is 19.1 Å². The quantitative estimate of drug-likeness (QED) is 0.364. The van der Waals surface area contributed by atoms with E-state index in [-0.39, 0.29) is 43.6 Å². The van der Waals surface area contributed by atoms with Gasteiger partial charge in [-0.25, -0.2) is 18.2 Å². The van der Waals surface area contributed by atoms with Gasteiger partial charge in [0.05, 0.1) is 21.7 Å². The molecule has 0 radical (unpaired) electrons. The average molecular weight is 574 g/mol. The van der Waals surface area contributed by atoms with Crippen LogP contribution in [0.4, 0.5) is 9.93 Å². The van der Waals surface area contributed by atoms with E-state index >= 15 is 0 Å². The van der Waals surface area contributed by atoms with Gasteiger partial charge in [-0.15, -0.1) is 0 Å². The summed E-state index contributed by atoms with van der Waals surface area (Å²) in [5, 5.41) is 0.615. The number of aromatic nitrogens is 1. The number of amides is 2. The summed E-state index contributed by atoms with van der Waals surface area (Å²) in [6.45, 7) is 9.97. The number of carbonyl (C=O) groups excluding carboxylic acids is 2. The van der Waals surface area contributed by atoms with Crippen molar-refractivity contribution in [3.8, 4) is 0 Å². The third-order valence-corrected chi connectivity index (χ3v) is 9.77. The Hall–Kier alpha value is -3.06.